The van der Waals surface area contributed by atoms with Crippen LogP contribution in [0.5, 0.6) is 0 Å². The van der Waals surface area contributed by atoms with Gasteiger partial charge in [-0.3, -0.25) is 4.79 Å². The van der Waals surface area contributed by atoms with Crippen LogP contribution in [0.2, 0.25) is 0 Å². The van der Waals surface area contributed by atoms with Crippen molar-refractivity contribution in [2.75, 3.05) is 5.88 Å². The molecule has 0 spiro atoms. The molecule has 2 nitrogen and oxygen atoms in total. The molecule has 19 heavy (non-hydrogen) atoms. The first-order valence-electron chi connectivity index (χ1n) is 8.03. The fraction of sp³-hybridized carbons (Fsp3) is 0.938. The number of nitrogens with one attached hydrogen (secondary N) is 1. The number of rotatable bonds is 8. The maximum atomic E-state index is 12.1. The Morgan fingerprint density at radius 1 is 1.26 bits per heavy atom. The van der Waals surface area contributed by atoms with E-state index in [-0.39, 0.29) is 17.9 Å². The summed E-state index contributed by atoms with van der Waals surface area (Å²) in [5, 5.41) is 3.14. The van der Waals surface area contributed by atoms with Gasteiger partial charge < -0.3 is 5.32 Å². The van der Waals surface area contributed by atoms with E-state index in [1.54, 1.807) is 0 Å². The van der Waals surface area contributed by atoms with E-state index in [4.69, 9.17) is 11.6 Å². The third-order valence-corrected chi connectivity index (χ3v) is 4.61. The zero-order valence-corrected chi connectivity index (χ0v) is 13.3. The predicted octanol–water partition coefficient (Wildman–Crippen LogP) is 4.51. The van der Waals surface area contributed by atoms with E-state index in [9.17, 15) is 4.79 Å². The summed E-state index contributed by atoms with van der Waals surface area (Å²) in [6, 6.07) is 0.268. The zero-order chi connectivity index (χ0) is 14.1. The lowest BCUT2D eigenvalue weighted by Gasteiger charge is -2.28. The Labute approximate surface area is 123 Å². The molecule has 112 valence electrons. The maximum Gasteiger partial charge on any atom is 0.223 e. The monoisotopic (exact) mass is 287 g/mol. The van der Waals surface area contributed by atoms with Crippen LogP contribution in [-0.4, -0.2) is 17.8 Å². The maximum absolute atomic E-state index is 12.1. The van der Waals surface area contributed by atoms with Crippen molar-refractivity contribution in [1.29, 1.82) is 0 Å². The Morgan fingerprint density at radius 3 is 2.53 bits per heavy atom. The van der Waals surface area contributed by atoms with Crippen LogP contribution in [0, 0.1) is 11.8 Å². The highest BCUT2D eigenvalue weighted by molar-refractivity contribution is 6.17. The van der Waals surface area contributed by atoms with Crippen molar-refractivity contribution >= 4 is 17.5 Å². The predicted molar refractivity (Wildman–Crippen MR) is 82.5 cm³/mol. The van der Waals surface area contributed by atoms with Gasteiger partial charge in [0.05, 0.1) is 0 Å². The number of carbonyl (C=O) groups is 1. The molecule has 0 aromatic rings. The largest absolute Gasteiger partial charge is 0.353 e. The third kappa shape index (κ3) is 6.65. The molecule has 0 bridgehead atoms. The summed E-state index contributed by atoms with van der Waals surface area (Å²) in [5.41, 5.74) is 0. The first-order chi connectivity index (χ1) is 9.17. The number of amides is 1. The van der Waals surface area contributed by atoms with Crippen molar-refractivity contribution in [3.8, 4) is 0 Å². The number of alkyl halides is 1. The van der Waals surface area contributed by atoms with Crippen LogP contribution < -0.4 is 5.32 Å². The molecule has 0 heterocycles. The van der Waals surface area contributed by atoms with Gasteiger partial charge in [-0.25, -0.2) is 0 Å². The highest BCUT2D eigenvalue weighted by Crippen LogP contribution is 2.32. The van der Waals surface area contributed by atoms with Gasteiger partial charge in [0.25, 0.3) is 0 Å². The molecule has 1 rings (SSSR count). The lowest BCUT2D eigenvalue weighted by molar-refractivity contribution is -0.126. The Morgan fingerprint density at radius 2 is 1.95 bits per heavy atom. The van der Waals surface area contributed by atoms with Crippen LogP contribution in [0.25, 0.3) is 0 Å². The molecule has 0 saturated heterocycles. The van der Waals surface area contributed by atoms with Crippen LogP contribution >= 0.6 is 11.6 Å². The SMILES string of the molecule is CCCCC1CCC(C(=O)NC(C)CCCCl)CC1. The molecule has 1 amide bonds. The molecule has 1 N–H and O–H groups in total. The molecule has 1 saturated carbocycles. The van der Waals surface area contributed by atoms with Crippen molar-refractivity contribution < 1.29 is 4.79 Å². The minimum atomic E-state index is 0.260. The number of hydrogen-bond donors (Lipinski definition) is 1. The fourth-order valence-electron chi connectivity index (χ4n) is 3.02. The van der Waals surface area contributed by atoms with E-state index < -0.39 is 0 Å². The first kappa shape index (κ1) is 16.8. The molecular weight excluding hydrogens is 258 g/mol. The highest BCUT2D eigenvalue weighted by Gasteiger charge is 2.26. The summed E-state index contributed by atoms with van der Waals surface area (Å²) >= 11 is 5.68. The Kier molecular flexibility index (Phi) is 8.52. The van der Waals surface area contributed by atoms with Gasteiger partial charge in [0, 0.05) is 17.8 Å². The molecule has 0 aliphatic heterocycles. The molecule has 1 aliphatic rings. The number of halogens is 1. The van der Waals surface area contributed by atoms with Crippen LogP contribution in [0.4, 0.5) is 0 Å². The van der Waals surface area contributed by atoms with Crippen molar-refractivity contribution in [2.24, 2.45) is 11.8 Å². The van der Waals surface area contributed by atoms with Crippen molar-refractivity contribution in [3.63, 3.8) is 0 Å². The van der Waals surface area contributed by atoms with E-state index in [1.807, 2.05) is 0 Å². The molecule has 3 heteroatoms. The first-order valence-corrected chi connectivity index (χ1v) is 8.57. The summed E-state index contributed by atoms with van der Waals surface area (Å²) in [5.74, 6) is 2.09. The second-order valence-electron chi connectivity index (χ2n) is 6.10. The second kappa shape index (κ2) is 9.63. The van der Waals surface area contributed by atoms with Crippen LogP contribution in [-0.2, 0) is 4.79 Å². The van der Waals surface area contributed by atoms with Gasteiger partial charge in [-0.1, -0.05) is 26.2 Å². The third-order valence-electron chi connectivity index (χ3n) is 4.34. The fourth-order valence-corrected chi connectivity index (χ4v) is 3.18. The van der Waals surface area contributed by atoms with Gasteiger partial charge in [0.15, 0.2) is 0 Å². The summed E-state index contributed by atoms with van der Waals surface area (Å²) in [6.07, 6.45) is 10.6. The number of unbranched alkanes of at least 4 members (excludes halogenated alkanes) is 1. The van der Waals surface area contributed by atoms with E-state index in [2.05, 4.69) is 19.2 Å². The van der Waals surface area contributed by atoms with E-state index >= 15 is 0 Å². The molecule has 0 radical (unpaired) electrons. The quantitative estimate of drug-likeness (QED) is 0.654. The smallest absolute Gasteiger partial charge is 0.223 e. The van der Waals surface area contributed by atoms with E-state index in [0.29, 0.717) is 5.88 Å². The number of hydrogen-bond acceptors (Lipinski definition) is 1. The van der Waals surface area contributed by atoms with Crippen LogP contribution in [0.3, 0.4) is 0 Å². The van der Waals surface area contributed by atoms with Gasteiger partial charge in [0.1, 0.15) is 0 Å². The van der Waals surface area contributed by atoms with Gasteiger partial charge in [-0.15, -0.1) is 11.6 Å². The summed E-state index contributed by atoms with van der Waals surface area (Å²) in [7, 11) is 0. The topological polar surface area (TPSA) is 29.1 Å². The van der Waals surface area contributed by atoms with Crippen molar-refractivity contribution in [1.82, 2.24) is 5.32 Å². The molecule has 0 aromatic carbocycles. The number of carbonyl (C=O) groups excluding carboxylic acids is 1. The Bertz CT molecular complexity index is 249. The van der Waals surface area contributed by atoms with Crippen molar-refractivity contribution in [3.05, 3.63) is 0 Å². The highest BCUT2D eigenvalue weighted by atomic mass is 35.5. The zero-order valence-electron chi connectivity index (χ0n) is 12.6. The van der Waals surface area contributed by atoms with Crippen LogP contribution in [0.1, 0.15) is 71.6 Å². The average molecular weight is 288 g/mol. The minimum absolute atomic E-state index is 0.260. The summed E-state index contributed by atoms with van der Waals surface area (Å²) in [4.78, 5) is 12.1. The standard InChI is InChI=1S/C16H30ClNO/c1-3-4-7-14-8-10-15(11-9-14)16(19)18-13(2)6-5-12-17/h13-15H,3-12H2,1-2H3,(H,18,19). The van der Waals surface area contributed by atoms with Gasteiger partial charge >= 0.3 is 0 Å². The molecular formula is C16H30ClNO. The molecule has 1 unspecified atom stereocenters. The lowest BCUT2D eigenvalue weighted by atomic mass is 9.79. The summed E-state index contributed by atoms with van der Waals surface area (Å²) in [6.45, 7) is 4.33. The average Bonchev–Trinajstić information content (AvgIpc) is 2.43. The molecule has 1 fully saturated rings. The van der Waals surface area contributed by atoms with Gasteiger partial charge in [-0.05, 0) is 51.4 Å². The molecule has 1 atom stereocenters. The van der Waals surface area contributed by atoms with Crippen LogP contribution in [0.15, 0.2) is 0 Å². The normalized spacial score (nSPS) is 25.0. The lowest BCUT2D eigenvalue weighted by Crippen LogP contribution is -2.38. The molecule has 1 aliphatic carbocycles. The van der Waals surface area contributed by atoms with E-state index in [0.717, 1.165) is 31.6 Å². The van der Waals surface area contributed by atoms with Gasteiger partial charge in [-0.2, -0.15) is 0 Å². The molecule has 0 aromatic heterocycles. The summed E-state index contributed by atoms with van der Waals surface area (Å²) < 4.78 is 0. The van der Waals surface area contributed by atoms with Gasteiger partial charge in [0.2, 0.25) is 5.91 Å². The minimum Gasteiger partial charge on any atom is -0.353 e. The van der Waals surface area contributed by atoms with E-state index in [1.165, 1.54) is 32.1 Å². The Hall–Kier alpha value is -0.240. The second-order valence-corrected chi connectivity index (χ2v) is 6.48. The van der Waals surface area contributed by atoms with Crippen molar-refractivity contribution in [2.45, 2.75) is 77.7 Å². The Balaban J connectivity index is 2.21.